The topological polar surface area (TPSA) is 72.3 Å². The third kappa shape index (κ3) is 2.45. The van der Waals surface area contributed by atoms with Gasteiger partial charge in [0.15, 0.2) is 11.6 Å². The first kappa shape index (κ1) is 12.4. The second-order valence-corrected chi connectivity index (χ2v) is 3.95. The van der Waals surface area contributed by atoms with E-state index >= 15 is 0 Å². The molecule has 5 N–H and O–H groups in total. The first-order valence-corrected chi connectivity index (χ1v) is 5.10. The summed E-state index contributed by atoms with van der Waals surface area (Å²) in [6, 6.07) is 0.0329. The van der Waals surface area contributed by atoms with Crippen molar-refractivity contribution >= 4 is 15.9 Å². The quantitative estimate of drug-likeness (QED) is 0.739. The lowest BCUT2D eigenvalue weighted by molar-refractivity contribution is 0.424. The molecular weight excluding hydrogens is 270 g/mol. The van der Waals surface area contributed by atoms with E-state index in [9.17, 15) is 13.9 Å². The van der Waals surface area contributed by atoms with Crippen LogP contribution in [-0.4, -0.2) is 11.7 Å². The van der Waals surface area contributed by atoms with Crippen molar-refractivity contribution in [2.24, 2.45) is 11.5 Å². The Bertz CT molecular complexity index is 347. The molecule has 3 nitrogen and oxygen atoms in total. The van der Waals surface area contributed by atoms with Crippen LogP contribution in [0, 0.1) is 11.6 Å². The SMILES string of the molecule is NCC[C@@H](N)c1c(O)c(Br)cc(F)c1F. The van der Waals surface area contributed by atoms with Crippen LogP contribution in [-0.2, 0) is 0 Å². The van der Waals surface area contributed by atoms with E-state index in [1.54, 1.807) is 0 Å². The number of hydrogen-bond acceptors (Lipinski definition) is 3. The van der Waals surface area contributed by atoms with Crippen LogP contribution in [0.1, 0.15) is 18.0 Å². The van der Waals surface area contributed by atoms with Gasteiger partial charge in [-0.2, -0.15) is 0 Å². The lowest BCUT2D eigenvalue weighted by Gasteiger charge is -2.14. The molecule has 0 aliphatic rings. The van der Waals surface area contributed by atoms with E-state index in [1.165, 1.54) is 0 Å². The van der Waals surface area contributed by atoms with Crippen molar-refractivity contribution in [3.8, 4) is 5.75 Å². The molecule has 0 amide bonds. The fourth-order valence-corrected chi connectivity index (χ4v) is 1.68. The zero-order valence-corrected chi connectivity index (χ0v) is 9.39. The number of benzene rings is 1. The van der Waals surface area contributed by atoms with Gasteiger partial charge >= 0.3 is 0 Å². The van der Waals surface area contributed by atoms with Crippen LogP contribution in [0.5, 0.6) is 5.75 Å². The Hall–Kier alpha value is -0.720. The normalized spacial score (nSPS) is 12.9. The summed E-state index contributed by atoms with van der Waals surface area (Å²) >= 11 is 2.91. The third-order valence-corrected chi connectivity index (χ3v) is 2.63. The fraction of sp³-hybridized carbons (Fsp3) is 0.333. The van der Waals surface area contributed by atoms with Gasteiger partial charge in [-0.25, -0.2) is 8.78 Å². The molecule has 0 aromatic heterocycles. The smallest absolute Gasteiger partial charge is 0.167 e. The fourth-order valence-electron chi connectivity index (χ4n) is 1.27. The molecule has 0 saturated carbocycles. The van der Waals surface area contributed by atoms with Crippen LogP contribution in [0.15, 0.2) is 10.5 Å². The molecule has 0 aliphatic carbocycles. The average Bonchev–Trinajstić information content (AvgIpc) is 2.16. The molecule has 0 heterocycles. The average molecular weight is 281 g/mol. The molecule has 1 atom stereocenters. The molecule has 15 heavy (non-hydrogen) atoms. The molecule has 0 unspecified atom stereocenters. The zero-order valence-electron chi connectivity index (χ0n) is 7.80. The Kier molecular flexibility index (Phi) is 4.01. The summed E-state index contributed by atoms with van der Waals surface area (Å²) in [5.41, 5.74) is 10.6. The van der Waals surface area contributed by atoms with E-state index in [4.69, 9.17) is 11.5 Å². The van der Waals surface area contributed by atoms with Crippen molar-refractivity contribution in [1.82, 2.24) is 0 Å². The van der Waals surface area contributed by atoms with E-state index < -0.39 is 17.7 Å². The Balaban J connectivity index is 3.26. The number of hydrogen-bond donors (Lipinski definition) is 3. The van der Waals surface area contributed by atoms with Gasteiger partial charge in [0.25, 0.3) is 0 Å². The van der Waals surface area contributed by atoms with Gasteiger partial charge in [0.1, 0.15) is 5.75 Å². The molecule has 0 fully saturated rings. The van der Waals surface area contributed by atoms with E-state index in [1.807, 2.05) is 0 Å². The molecule has 0 saturated heterocycles. The lowest BCUT2D eigenvalue weighted by atomic mass is 10.0. The number of rotatable bonds is 3. The molecule has 0 aliphatic heterocycles. The summed E-state index contributed by atoms with van der Waals surface area (Å²) < 4.78 is 26.4. The summed E-state index contributed by atoms with van der Waals surface area (Å²) in [6.07, 6.45) is 0.264. The number of phenols is 1. The maximum Gasteiger partial charge on any atom is 0.167 e. The van der Waals surface area contributed by atoms with Crippen LogP contribution in [0.25, 0.3) is 0 Å². The molecule has 84 valence electrons. The minimum absolute atomic E-state index is 0.0730. The second-order valence-electron chi connectivity index (χ2n) is 3.10. The number of halogens is 3. The second kappa shape index (κ2) is 4.87. The van der Waals surface area contributed by atoms with Gasteiger partial charge < -0.3 is 16.6 Å². The van der Waals surface area contributed by atoms with Gasteiger partial charge in [0, 0.05) is 6.04 Å². The summed E-state index contributed by atoms with van der Waals surface area (Å²) in [6.45, 7) is 0.230. The molecule has 0 bridgehead atoms. The van der Waals surface area contributed by atoms with E-state index in [0.29, 0.717) is 0 Å². The summed E-state index contributed by atoms with van der Waals surface area (Å²) in [5, 5.41) is 9.53. The molecule has 1 aromatic rings. The monoisotopic (exact) mass is 280 g/mol. The van der Waals surface area contributed by atoms with Crippen LogP contribution in [0.3, 0.4) is 0 Å². The van der Waals surface area contributed by atoms with Gasteiger partial charge in [-0.3, -0.25) is 0 Å². The highest BCUT2D eigenvalue weighted by Crippen LogP contribution is 2.35. The Morgan fingerprint density at radius 3 is 2.60 bits per heavy atom. The van der Waals surface area contributed by atoms with Crippen molar-refractivity contribution in [2.45, 2.75) is 12.5 Å². The number of nitrogens with two attached hydrogens (primary N) is 2. The van der Waals surface area contributed by atoms with Crippen LogP contribution < -0.4 is 11.5 Å². The maximum absolute atomic E-state index is 13.3. The third-order valence-electron chi connectivity index (χ3n) is 2.03. The first-order chi connectivity index (χ1) is 6.99. The highest BCUT2D eigenvalue weighted by atomic mass is 79.9. The summed E-state index contributed by atoms with van der Waals surface area (Å²) in [5.74, 6) is -2.56. The van der Waals surface area contributed by atoms with Crippen molar-refractivity contribution < 1.29 is 13.9 Å². The van der Waals surface area contributed by atoms with Gasteiger partial charge in [0.2, 0.25) is 0 Å². The standard InChI is InChI=1S/C9H11BrF2N2O/c10-4-3-5(11)8(12)7(9(4)15)6(14)1-2-13/h3,6,15H,1-2,13-14H2/t6-/m1/s1. The molecule has 6 heteroatoms. The van der Waals surface area contributed by atoms with Crippen LogP contribution >= 0.6 is 15.9 Å². The van der Waals surface area contributed by atoms with E-state index in [2.05, 4.69) is 15.9 Å². The van der Waals surface area contributed by atoms with Gasteiger partial charge in [-0.05, 0) is 35.0 Å². The van der Waals surface area contributed by atoms with Gasteiger partial charge in [-0.15, -0.1) is 0 Å². The Morgan fingerprint density at radius 2 is 2.07 bits per heavy atom. The van der Waals surface area contributed by atoms with Crippen molar-refractivity contribution in [2.75, 3.05) is 6.54 Å². The van der Waals surface area contributed by atoms with Crippen molar-refractivity contribution in [1.29, 1.82) is 0 Å². The summed E-state index contributed by atoms with van der Waals surface area (Å²) in [7, 11) is 0. The first-order valence-electron chi connectivity index (χ1n) is 4.31. The Morgan fingerprint density at radius 1 is 1.47 bits per heavy atom. The van der Waals surface area contributed by atoms with Gasteiger partial charge in [-0.1, -0.05) is 0 Å². The molecule has 1 rings (SSSR count). The Labute approximate surface area is 94.2 Å². The van der Waals surface area contributed by atoms with Crippen molar-refractivity contribution in [3.63, 3.8) is 0 Å². The molecule has 1 aromatic carbocycles. The number of aromatic hydroxyl groups is 1. The molecular formula is C9H11BrF2N2O. The van der Waals surface area contributed by atoms with E-state index in [0.717, 1.165) is 6.07 Å². The largest absolute Gasteiger partial charge is 0.506 e. The minimum Gasteiger partial charge on any atom is -0.506 e. The predicted octanol–water partition coefficient (Wildman–Crippen LogP) is 1.78. The lowest BCUT2D eigenvalue weighted by Crippen LogP contribution is -2.17. The highest BCUT2D eigenvalue weighted by Gasteiger charge is 2.21. The minimum atomic E-state index is -1.13. The molecule has 0 spiro atoms. The van der Waals surface area contributed by atoms with Crippen molar-refractivity contribution in [3.05, 3.63) is 27.7 Å². The molecule has 0 radical (unpaired) electrons. The van der Waals surface area contributed by atoms with Gasteiger partial charge in [0.05, 0.1) is 10.0 Å². The van der Waals surface area contributed by atoms with Crippen LogP contribution in [0.4, 0.5) is 8.78 Å². The number of phenolic OH excluding ortho intramolecular Hbond substituents is 1. The predicted molar refractivity (Wildman–Crippen MR) is 56.3 cm³/mol. The maximum atomic E-state index is 13.3. The highest BCUT2D eigenvalue weighted by molar-refractivity contribution is 9.10. The zero-order chi connectivity index (χ0) is 11.6. The summed E-state index contributed by atoms with van der Waals surface area (Å²) in [4.78, 5) is 0. The van der Waals surface area contributed by atoms with E-state index in [-0.39, 0.29) is 28.8 Å². The van der Waals surface area contributed by atoms with Crippen LogP contribution in [0.2, 0.25) is 0 Å².